The molecule has 0 unspecified atom stereocenters. The number of para-hydroxylation sites is 2. The fraction of sp³-hybridized carbons (Fsp3) is 0.467. The molecule has 1 heterocycles. The van der Waals surface area contributed by atoms with Crippen molar-refractivity contribution < 1.29 is 4.79 Å². The Hall–Kier alpha value is -1.84. The van der Waals surface area contributed by atoms with Crippen LogP contribution in [0.1, 0.15) is 26.1 Å². The smallest absolute Gasteiger partial charge is 0.207 e. The van der Waals surface area contributed by atoms with Gasteiger partial charge in [0.1, 0.15) is 5.82 Å². The van der Waals surface area contributed by atoms with Crippen LogP contribution < -0.4 is 5.32 Å². The number of carbonyl (C=O) groups is 1. The third-order valence-corrected chi connectivity index (χ3v) is 3.24. The van der Waals surface area contributed by atoms with Crippen molar-refractivity contribution in [2.75, 3.05) is 6.54 Å². The fourth-order valence-electron chi connectivity index (χ4n) is 2.20. The zero-order chi connectivity index (χ0) is 13.7. The predicted octanol–water partition coefficient (Wildman–Crippen LogP) is 2.37. The van der Waals surface area contributed by atoms with Crippen LogP contribution in [0.5, 0.6) is 0 Å². The molecule has 0 aliphatic carbocycles. The van der Waals surface area contributed by atoms with Gasteiger partial charge in [0.2, 0.25) is 6.41 Å². The second kappa shape index (κ2) is 6.36. The summed E-state index contributed by atoms with van der Waals surface area (Å²) in [5.74, 6) is 1.72. The maximum absolute atomic E-state index is 10.3. The minimum atomic E-state index is 0.633. The van der Waals surface area contributed by atoms with Crippen molar-refractivity contribution in [3.05, 3.63) is 30.1 Å². The maximum Gasteiger partial charge on any atom is 0.207 e. The summed E-state index contributed by atoms with van der Waals surface area (Å²) in [5.41, 5.74) is 2.22. The quantitative estimate of drug-likeness (QED) is 0.613. The molecule has 2 aromatic rings. The largest absolute Gasteiger partial charge is 0.358 e. The van der Waals surface area contributed by atoms with Crippen molar-refractivity contribution >= 4 is 17.4 Å². The molecule has 19 heavy (non-hydrogen) atoms. The van der Waals surface area contributed by atoms with Crippen LogP contribution in [0.4, 0.5) is 0 Å². The number of aryl methyl sites for hydroxylation is 1. The van der Waals surface area contributed by atoms with Crippen LogP contribution in [0.2, 0.25) is 0 Å². The number of nitrogens with one attached hydrogen (secondary N) is 1. The minimum Gasteiger partial charge on any atom is -0.358 e. The van der Waals surface area contributed by atoms with Crippen LogP contribution in [0.15, 0.2) is 24.3 Å². The van der Waals surface area contributed by atoms with Gasteiger partial charge in [-0.2, -0.15) is 0 Å². The zero-order valence-electron chi connectivity index (χ0n) is 11.6. The number of amides is 1. The average molecular weight is 259 g/mol. The number of imidazole rings is 1. The molecule has 0 fully saturated rings. The number of aromatic nitrogens is 2. The lowest BCUT2D eigenvalue weighted by Crippen LogP contribution is -2.17. The van der Waals surface area contributed by atoms with Crippen molar-refractivity contribution in [1.82, 2.24) is 14.9 Å². The Labute approximate surface area is 113 Å². The molecule has 1 aromatic heterocycles. The molecule has 1 amide bonds. The lowest BCUT2D eigenvalue weighted by Gasteiger charge is -2.10. The number of benzene rings is 1. The third-order valence-electron chi connectivity index (χ3n) is 3.24. The molecule has 0 radical (unpaired) electrons. The molecule has 0 aliphatic rings. The first-order chi connectivity index (χ1) is 9.22. The second-order valence-corrected chi connectivity index (χ2v) is 5.17. The van der Waals surface area contributed by atoms with Gasteiger partial charge in [0.05, 0.1) is 11.0 Å². The van der Waals surface area contributed by atoms with Crippen LogP contribution in [0.3, 0.4) is 0 Å². The molecule has 0 spiro atoms. The van der Waals surface area contributed by atoms with Gasteiger partial charge in [-0.3, -0.25) is 4.79 Å². The molecule has 0 bridgehead atoms. The van der Waals surface area contributed by atoms with Crippen molar-refractivity contribution in [3.63, 3.8) is 0 Å². The van der Waals surface area contributed by atoms with Crippen LogP contribution in [-0.4, -0.2) is 22.5 Å². The van der Waals surface area contributed by atoms with E-state index in [-0.39, 0.29) is 0 Å². The number of nitrogens with zero attached hydrogens (tertiary/aromatic N) is 2. The summed E-state index contributed by atoms with van der Waals surface area (Å²) in [6, 6.07) is 8.20. The van der Waals surface area contributed by atoms with Crippen LogP contribution in [-0.2, 0) is 17.8 Å². The molecular weight excluding hydrogens is 238 g/mol. The van der Waals surface area contributed by atoms with E-state index in [0.717, 1.165) is 37.1 Å². The Balaban J connectivity index is 2.26. The van der Waals surface area contributed by atoms with E-state index in [0.29, 0.717) is 12.5 Å². The lowest BCUT2D eigenvalue weighted by atomic mass is 10.1. The highest BCUT2D eigenvalue weighted by atomic mass is 16.1. The predicted molar refractivity (Wildman–Crippen MR) is 77.0 cm³/mol. The Bertz CT molecular complexity index is 545. The van der Waals surface area contributed by atoms with E-state index >= 15 is 0 Å². The van der Waals surface area contributed by atoms with Gasteiger partial charge in [-0.1, -0.05) is 26.0 Å². The van der Waals surface area contributed by atoms with Gasteiger partial charge in [0.15, 0.2) is 0 Å². The Morgan fingerprint density at radius 3 is 2.89 bits per heavy atom. The summed E-state index contributed by atoms with van der Waals surface area (Å²) in [5, 5.41) is 2.70. The first-order valence-electron chi connectivity index (χ1n) is 6.83. The molecule has 4 heteroatoms. The topological polar surface area (TPSA) is 46.9 Å². The van der Waals surface area contributed by atoms with E-state index in [1.165, 1.54) is 5.52 Å². The van der Waals surface area contributed by atoms with Crippen molar-refractivity contribution in [2.24, 2.45) is 5.92 Å². The summed E-state index contributed by atoms with van der Waals surface area (Å²) in [6.07, 6.45) is 2.64. The van der Waals surface area contributed by atoms with Crippen molar-refractivity contribution in [1.29, 1.82) is 0 Å². The molecule has 1 N–H and O–H groups in total. The second-order valence-electron chi connectivity index (χ2n) is 5.17. The summed E-state index contributed by atoms with van der Waals surface area (Å²) < 4.78 is 2.28. The van der Waals surface area contributed by atoms with E-state index in [1.807, 2.05) is 18.2 Å². The van der Waals surface area contributed by atoms with E-state index < -0.39 is 0 Å². The number of hydrogen-bond acceptors (Lipinski definition) is 2. The average Bonchev–Trinajstić information content (AvgIpc) is 2.74. The summed E-state index contributed by atoms with van der Waals surface area (Å²) in [7, 11) is 0. The normalized spacial score (nSPS) is 11.1. The van der Waals surface area contributed by atoms with E-state index in [4.69, 9.17) is 0 Å². The Morgan fingerprint density at radius 1 is 1.37 bits per heavy atom. The molecule has 0 aliphatic heterocycles. The van der Waals surface area contributed by atoms with Gasteiger partial charge >= 0.3 is 0 Å². The zero-order valence-corrected chi connectivity index (χ0v) is 11.6. The number of carbonyl (C=O) groups excluding carboxylic acids is 1. The Kier molecular flexibility index (Phi) is 4.55. The van der Waals surface area contributed by atoms with E-state index in [2.05, 4.69) is 34.8 Å². The van der Waals surface area contributed by atoms with Crippen molar-refractivity contribution in [2.45, 2.75) is 33.2 Å². The molecule has 2 rings (SSSR count). The first-order valence-corrected chi connectivity index (χ1v) is 6.83. The lowest BCUT2D eigenvalue weighted by molar-refractivity contribution is -0.109. The highest BCUT2D eigenvalue weighted by Gasteiger charge is 2.10. The first kappa shape index (κ1) is 13.6. The standard InChI is InChI=1S/C15H21N3O/c1-12(2)8-10-18-14-6-4-3-5-13(14)17-15(18)7-9-16-11-19/h3-6,11-12H,7-10H2,1-2H3,(H,16,19). The van der Waals surface area contributed by atoms with Gasteiger partial charge in [0.25, 0.3) is 0 Å². The molecule has 0 saturated heterocycles. The maximum atomic E-state index is 10.3. The number of fused-ring (bicyclic) bond motifs is 1. The molecule has 4 nitrogen and oxygen atoms in total. The van der Waals surface area contributed by atoms with Gasteiger partial charge in [-0.05, 0) is 24.5 Å². The van der Waals surface area contributed by atoms with Crippen LogP contribution in [0.25, 0.3) is 11.0 Å². The Morgan fingerprint density at radius 2 is 2.16 bits per heavy atom. The summed E-state index contributed by atoms with van der Waals surface area (Å²) in [4.78, 5) is 15.0. The van der Waals surface area contributed by atoms with Gasteiger partial charge < -0.3 is 9.88 Å². The van der Waals surface area contributed by atoms with Crippen LogP contribution >= 0.6 is 0 Å². The molecular formula is C15H21N3O. The highest BCUT2D eigenvalue weighted by Crippen LogP contribution is 2.18. The monoisotopic (exact) mass is 259 g/mol. The van der Waals surface area contributed by atoms with Gasteiger partial charge in [-0.25, -0.2) is 4.98 Å². The van der Waals surface area contributed by atoms with Gasteiger partial charge in [0, 0.05) is 19.5 Å². The molecule has 102 valence electrons. The van der Waals surface area contributed by atoms with Crippen molar-refractivity contribution in [3.8, 4) is 0 Å². The number of hydrogen-bond donors (Lipinski definition) is 1. The summed E-state index contributed by atoms with van der Waals surface area (Å²) >= 11 is 0. The molecule has 0 atom stereocenters. The molecule has 0 saturated carbocycles. The SMILES string of the molecule is CC(C)CCn1c(CCNC=O)nc2ccccc21. The molecule has 1 aromatic carbocycles. The highest BCUT2D eigenvalue weighted by molar-refractivity contribution is 5.75. The third kappa shape index (κ3) is 3.34. The van der Waals surface area contributed by atoms with E-state index in [1.54, 1.807) is 0 Å². The summed E-state index contributed by atoms with van der Waals surface area (Å²) in [6.45, 7) is 6.07. The number of rotatable bonds is 7. The minimum absolute atomic E-state index is 0.633. The van der Waals surface area contributed by atoms with E-state index in [9.17, 15) is 4.79 Å². The fourth-order valence-corrected chi connectivity index (χ4v) is 2.20. The van der Waals surface area contributed by atoms with Gasteiger partial charge in [-0.15, -0.1) is 0 Å². The van der Waals surface area contributed by atoms with Crippen LogP contribution in [0, 0.1) is 5.92 Å².